The first-order valence-electron chi connectivity index (χ1n) is 4.88. The molecule has 0 aliphatic carbocycles. The lowest BCUT2D eigenvalue weighted by Crippen LogP contribution is -2.14. The molecule has 0 spiro atoms. The minimum absolute atomic E-state index is 0.0999. The second kappa shape index (κ2) is 4.97. The lowest BCUT2D eigenvalue weighted by molar-refractivity contribution is 0.102. The fraction of sp³-hybridized carbons (Fsp3) is 0. The molecule has 5 heteroatoms. The number of benzene rings is 1. The van der Waals surface area contributed by atoms with Crippen LogP contribution in [0.25, 0.3) is 0 Å². The first-order valence-corrected chi connectivity index (χ1v) is 5.67. The zero-order valence-electron chi connectivity index (χ0n) is 8.72. The second-order valence-electron chi connectivity index (χ2n) is 3.34. The lowest BCUT2D eigenvalue weighted by Gasteiger charge is -2.05. The predicted octanol–water partition coefficient (Wildman–Crippen LogP) is 2.80. The van der Waals surface area contributed by atoms with Crippen LogP contribution in [0.3, 0.4) is 0 Å². The highest BCUT2D eigenvalue weighted by atomic mass is 79.9. The Morgan fingerprint density at radius 3 is 2.82 bits per heavy atom. The van der Waals surface area contributed by atoms with Gasteiger partial charge in [0.1, 0.15) is 11.4 Å². The van der Waals surface area contributed by atoms with Crippen LogP contribution in [0.15, 0.2) is 47.1 Å². The molecule has 0 saturated heterocycles. The highest BCUT2D eigenvalue weighted by Crippen LogP contribution is 2.18. The highest BCUT2D eigenvalue weighted by molar-refractivity contribution is 9.10. The molecule has 86 valence electrons. The first-order chi connectivity index (χ1) is 8.16. The number of amides is 1. The fourth-order valence-electron chi connectivity index (χ4n) is 1.33. The van der Waals surface area contributed by atoms with Gasteiger partial charge in [-0.1, -0.05) is 6.07 Å². The van der Waals surface area contributed by atoms with Crippen molar-refractivity contribution >= 4 is 27.5 Å². The van der Waals surface area contributed by atoms with Crippen LogP contribution < -0.4 is 5.32 Å². The number of carbonyl (C=O) groups is 1. The maximum Gasteiger partial charge on any atom is 0.275 e. The number of halogens is 1. The molecule has 1 amide bonds. The number of hydrogen-bond donors (Lipinski definition) is 2. The number of nitrogens with one attached hydrogen (secondary N) is 1. The number of rotatable bonds is 2. The monoisotopic (exact) mass is 292 g/mol. The van der Waals surface area contributed by atoms with E-state index in [4.69, 9.17) is 0 Å². The number of anilines is 1. The van der Waals surface area contributed by atoms with Gasteiger partial charge in [-0.25, -0.2) is 4.98 Å². The van der Waals surface area contributed by atoms with Crippen molar-refractivity contribution in [1.29, 1.82) is 0 Å². The van der Waals surface area contributed by atoms with E-state index in [-0.39, 0.29) is 11.7 Å². The van der Waals surface area contributed by atoms with Gasteiger partial charge in [-0.2, -0.15) is 0 Å². The van der Waals surface area contributed by atoms with Gasteiger partial charge in [0, 0.05) is 22.4 Å². The topological polar surface area (TPSA) is 62.2 Å². The summed E-state index contributed by atoms with van der Waals surface area (Å²) >= 11 is 3.25. The van der Waals surface area contributed by atoms with Crippen LogP contribution in [0, 0.1) is 0 Å². The third-order valence-electron chi connectivity index (χ3n) is 2.08. The fourth-order valence-corrected chi connectivity index (χ4v) is 1.76. The van der Waals surface area contributed by atoms with E-state index in [9.17, 15) is 9.90 Å². The summed E-state index contributed by atoms with van der Waals surface area (Å²) in [6.45, 7) is 0. The first kappa shape index (κ1) is 11.6. The molecule has 2 N–H and O–H groups in total. The Morgan fingerprint density at radius 1 is 1.29 bits per heavy atom. The van der Waals surface area contributed by atoms with Crippen molar-refractivity contribution in [2.45, 2.75) is 0 Å². The quantitative estimate of drug-likeness (QED) is 0.895. The summed E-state index contributed by atoms with van der Waals surface area (Å²) in [5.41, 5.74) is 0.823. The van der Waals surface area contributed by atoms with Crippen molar-refractivity contribution in [2.24, 2.45) is 0 Å². The molecule has 0 radical (unpaired) electrons. The minimum Gasteiger partial charge on any atom is -0.508 e. The van der Waals surface area contributed by atoms with E-state index in [2.05, 4.69) is 26.2 Å². The van der Waals surface area contributed by atoms with Gasteiger partial charge in [-0.3, -0.25) is 4.79 Å². The van der Waals surface area contributed by atoms with E-state index in [0.717, 1.165) is 0 Å². The molecule has 0 bridgehead atoms. The number of aromatic hydroxyl groups is 1. The molecule has 2 rings (SSSR count). The van der Waals surface area contributed by atoms with Crippen LogP contribution in [-0.4, -0.2) is 16.0 Å². The van der Waals surface area contributed by atoms with Crippen molar-refractivity contribution in [3.63, 3.8) is 0 Å². The third kappa shape index (κ3) is 2.82. The van der Waals surface area contributed by atoms with E-state index < -0.39 is 0 Å². The van der Waals surface area contributed by atoms with Gasteiger partial charge in [0.15, 0.2) is 0 Å². The number of pyridine rings is 1. The molecule has 17 heavy (non-hydrogen) atoms. The van der Waals surface area contributed by atoms with Crippen LogP contribution >= 0.6 is 15.9 Å². The van der Waals surface area contributed by atoms with E-state index in [0.29, 0.717) is 15.9 Å². The summed E-state index contributed by atoms with van der Waals surface area (Å²) in [5, 5.41) is 11.9. The number of carbonyl (C=O) groups excluding carboxylic acids is 1. The molecule has 1 aromatic carbocycles. The zero-order valence-corrected chi connectivity index (χ0v) is 10.3. The summed E-state index contributed by atoms with van der Waals surface area (Å²) in [5.74, 6) is -0.231. The molecule has 0 atom stereocenters. The number of phenols is 1. The van der Waals surface area contributed by atoms with Crippen molar-refractivity contribution in [3.05, 3.63) is 52.8 Å². The van der Waals surface area contributed by atoms with Gasteiger partial charge in [-0.05, 0) is 40.2 Å². The summed E-state index contributed by atoms with van der Waals surface area (Å²) < 4.78 is 0.623. The van der Waals surface area contributed by atoms with Gasteiger partial charge < -0.3 is 10.4 Å². The Labute approximate surface area is 106 Å². The summed E-state index contributed by atoms with van der Waals surface area (Å²) in [7, 11) is 0. The molecule has 0 aliphatic rings. The molecule has 4 nitrogen and oxygen atoms in total. The molecule has 2 aromatic rings. The molecule has 1 aromatic heterocycles. The van der Waals surface area contributed by atoms with Gasteiger partial charge in [0.25, 0.3) is 5.91 Å². The lowest BCUT2D eigenvalue weighted by atomic mass is 10.3. The van der Waals surface area contributed by atoms with E-state index >= 15 is 0 Å². The Kier molecular flexibility index (Phi) is 3.39. The summed E-state index contributed by atoms with van der Waals surface area (Å²) in [4.78, 5) is 15.8. The molecule has 1 heterocycles. The second-order valence-corrected chi connectivity index (χ2v) is 4.19. The number of phenolic OH excluding ortho intramolecular Hbond substituents is 1. The van der Waals surface area contributed by atoms with Gasteiger partial charge in [0.05, 0.1) is 0 Å². The van der Waals surface area contributed by atoms with Crippen molar-refractivity contribution < 1.29 is 9.90 Å². The normalized spacial score (nSPS) is 9.94. The Balaban J connectivity index is 2.20. The standard InChI is InChI=1S/C12H9BrN2O2/c13-10-5-2-6-14-11(10)12(17)15-8-3-1-4-9(16)7-8/h1-7,16H,(H,15,17). The Bertz CT molecular complexity index is 558. The zero-order chi connectivity index (χ0) is 12.3. The highest BCUT2D eigenvalue weighted by Gasteiger charge is 2.11. The Hall–Kier alpha value is -1.88. The van der Waals surface area contributed by atoms with E-state index in [1.54, 1.807) is 30.5 Å². The average molecular weight is 293 g/mol. The summed E-state index contributed by atoms with van der Waals surface area (Å²) in [6, 6.07) is 9.81. The largest absolute Gasteiger partial charge is 0.508 e. The van der Waals surface area contributed by atoms with Gasteiger partial charge in [-0.15, -0.1) is 0 Å². The molecule has 0 saturated carbocycles. The molecule has 0 aliphatic heterocycles. The van der Waals surface area contributed by atoms with Gasteiger partial charge in [0.2, 0.25) is 0 Å². The van der Waals surface area contributed by atoms with E-state index in [1.165, 1.54) is 12.1 Å². The van der Waals surface area contributed by atoms with E-state index in [1.807, 2.05) is 0 Å². The predicted molar refractivity (Wildman–Crippen MR) is 68.0 cm³/mol. The minimum atomic E-state index is -0.330. The third-order valence-corrected chi connectivity index (χ3v) is 2.72. The maximum absolute atomic E-state index is 11.9. The van der Waals surface area contributed by atoms with Gasteiger partial charge >= 0.3 is 0 Å². The van der Waals surface area contributed by atoms with Crippen molar-refractivity contribution in [3.8, 4) is 5.75 Å². The van der Waals surface area contributed by atoms with Crippen LogP contribution in [0.2, 0.25) is 0 Å². The average Bonchev–Trinajstić information content (AvgIpc) is 2.29. The van der Waals surface area contributed by atoms with Crippen LogP contribution in [0.5, 0.6) is 5.75 Å². The maximum atomic E-state index is 11.9. The molecule has 0 fully saturated rings. The Morgan fingerprint density at radius 2 is 2.12 bits per heavy atom. The number of nitrogens with zero attached hydrogens (tertiary/aromatic N) is 1. The van der Waals surface area contributed by atoms with Crippen molar-refractivity contribution in [2.75, 3.05) is 5.32 Å². The molecular weight excluding hydrogens is 284 g/mol. The van der Waals surface area contributed by atoms with Crippen LogP contribution in [0.4, 0.5) is 5.69 Å². The SMILES string of the molecule is O=C(Nc1cccc(O)c1)c1ncccc1Br. The smallest absolute Gasteiger partial charge is 0.275 e. The molecular formula is C12H9BrN2O2. The number of hydrogen-bond acceptors (Lipinski definition) is 3. The van der Waals surface area contributed by atoms with Crippen LogP contribution in [-0.2, 0) is 0 Å². The van der Waals surface area contributed by atoms with Crippen LogP contribution in [0.1, 0.15) is 10.5 Å². The summed E-state index contributed by atoms with van der Waals surface area (Å²) in [6.07, 6.45) is 1.54. The molecule has 0 unspecified atom stereocenters. The number of aromatic nitrogens is 1. The van der Waals surface area contributed by atoms with Crippen molar-refractivity contribution in [1.82, 2.24) is 4.98 Å².